The lowest BCUT2D eigenvalue weighted by molar-refractivity contribution is 0.0840. The highest BCUT2D eigenvalue weighted by molar-refractivity contribution is 7.80. The third kappa shape index (κ3) is 3.89. The molecule has 0 radical (unpaired) electrons. The standard InChI is InChI=1S/C17H21N3OS2/c1-4-14-12(3)23-10-15(14)16(21)19-20(17(18)22)11(2)13-8-6-5-7-9-13/h5-11H,4H2,1-3H3,(H2,18,22)(H,19,21). The summed E-state index contributed by atoms with van der Waals surface area (Å²) in [6.45, 7) is 6.02. The van der Waals surface area contributed by atoms with Crippen LogP contribution in [-0.4, -0.2) is 16.0 Å². The molecule has 122 valence electrons. The number of carbonyl (C=O) groups is 1. The molecule has 1 aromatic heterocycles. The van der Waals surface area contributed by atoms with E-state index in [9.17, 15) is 4.79 Å². The molecule has 3 N–H and O–H groups in total. The summed E-state index contributed by atoms with van der Waals surface area (Å²) in [5, 5.41) is 3.56. The molecule has 1 unspecified atom stereocenters. The van der Waals surface area contributed by atoms with Crippen LogP contribution in [0.1, 0.15) is 46.3 Å². The van der Waals surface area contributed by atoms with E-state index in [4.69, 9.17) is 18.0 Å². The summed E-state index contributed by atoms with van der Waals surface area (Å²) in [5.74, 6) is -0.179. The molecule has 4 nitrogen and oxygen atoms in total. The van der Waals surface area contributed by atoms with E-state index in [1.807, 2.05) is 56.5 Å². The van der Waals surface area contributed by atoms with Crippen LogP contribution in [0.15, 0.2) is 35.7 Å². The maximum Gasteiger partial charge on any atom is 0.271 e. The quantitative estimate of drug-likeness (QED) is 0.656. The van der Waals surface area contributed by atoms with Crippen LogP contribution in [0.4, 0.5) is 0 Å². The summed E-state index contributed by atoms with van der Waals surface area (Å²) in [7, 11) is 0. The first-order chi connectivity index (χ1) is 11.0. The molecule has 23 heavy (non-hydrogen) atoms. The summed E-state index contributed by atoms with van der Waals surface area (Å²) in [5.41, 5.74) is 11.5. The van der Waals surface area contributed by atoms with E-state index in [-0.39, 0.29) is 17.1 Å². The summed E-state index contributed by atoms with van der Waals surface area (Å²) in [6, 6.07) is 9.65. The molecule has 0 aliphatic carbocycles. The van der Waals surface area contributed by atoms with Gasteiger partial charge in [-0.1, -0.05) is 37.3 Å². The van der Waals surface area contributed by atoms with Gasteiger partial charge in [0.15, 0.2) is 5.11 Å². The highest BCUT2D eigenvalue weighted by Crippen LogP contribution is 2.23. The first kappa shape index (κ1) is 17.4. The number of amides is 1. The largest absolute Gasteiger partial charge is 0.375 e. The highest BCUT2D eigenvalue weighted by atomic mass is 32.1. The maximum atomic E-state index is 12.6. The van der Waals surface area contributed by atoms with Crippen molar-refractivity contribution in [2.45, 2.75) is 33.2 Å². The molecule has 0 saturated heterocycles. The van der Waals surface area contributed by atoms with Gasteiger partial charge in [0, 0.05) is 10.3 Å². The van der Waals surface area contributed by atoms with E-state index in [1.165, 1.54) is 0 Å². The molecule has 0 aliphatic heterocycles. The minimum atomic E-state index is -0.179. The van der Waals surface area contributed by atoms with Gasteiger partial charge in [-0.3, -0.25) is 15.2 Å². The van der Waals surface area contributed by atoms with Gasteiger partial charge in [-0.05, 0) is 43.6 Å². The zero-order chi connectivity index (χ0) is 17.0. The predicted octanol–water partition coefficient (Wildman–Crippen LogP) is 3.57. The van der Waals surface area contributed by atoms with Crippen LogP contribution < -0.4 is 11.2 Å². The monoisotopic (exact) mass is 347 g/mol. The van der Waals surface area contributed by atoms with E-state index in [0.29, 0.717) is 5.56 Å². The van der Waals surface area contributed by atoms with Gasteiger partial charge >= 0.3 is 0 Å². The molecule has 1 aromatic carbocycles. The Labute approximate surface area is 146 Å². The molecule has 6 heteroatoms. The number of hydrazine groups is 1. The van der Waals surface area contributed by atoms with Crippen LogP contribution in [0.3, 0.4) is 0 Å². The topological polar surface area (TPSA) is 58.4 Å². The molecule has 1 atom stereocenters. The normalized spacial score (nSPS) is 11.8. The van der Waals surface area contributed by atoms with Crippen LogP contribution in [0, 0.1) is 6.92 Å². The molecule has 1 amide bonds. The van der Waals surface area contributed by atoms with E-state index in [0.717, 1.165) is 22.4 Å². The second-order valence-electron chi connectivity index (χ2n) is 5.27. The number of benzene rings is 1. The first-order valence-electron chi connectivity index (χ1n) is 7.47. The van der Waals surface area contributed by atoms with Gasteiger partial charge in [-0.25, -0.2) is 0 Å². The van der Waals surface area contributed by atoms with Crippen molar-refractivity contribution in [2.75, 3.05) is 0 Å². The predicted molar refractivity (Wildman–Crippen MR) is 99.4 cm³/mol. The van der Waals surface area contributed by atoms with Crippen molar-refractivity contribution in [2.24, 2.45) is 5.73 Å². The van der Waals surface area contributed by atoms with Crippen molar-refractivity contribution in [3.63, 3.8) is 0 Å². The van der Waals surface area contributed by atoms with Gasteiger partial charge in [0.05, 0.1) is 11.6 Å². The number of thiocarbonyl (C=S) groups is 1. The lowest BCUT2D eigenvalue weighted by Crippen LogP contribution is -2.49. The van der Waals surface area contributed by atoms with Crippen molar-refractivity contribution in [1.29, 1.82) is 0 Å². The Morgan fingerprint density at radius 3 is 2.61 bits per heavy atom. The van der Waals surface area contributed by atoms with Gasteiger partial charge in [0.25, 0.3) is 5.91 Å². The summed E-state index contributed by atoms with van der Waals surface area (Å²) >= 11 is 6.70. The maximum absolute atomic E-state index is 12.6. The van der Waals surface area contributed by atoms with Gasteiger partial charge < -0.3 is 5.73 Å². The van der Waals surface area contributed by atoms with Crippen molar-refractivity contribution in [1.82, 2.24) is 10.4 Å². The van der Waals surface area contributed by atoms with Crippen molar-refractivity contribution >= 4 is 34.6 Å². The second kappa shape index (κ2) is 7.57. The molecule has 2 rings (SSSR count). The highest BCUT2D eigenvalue weighted by Gasteiger charge is 2.22. The molecular formula is C17H21N3OS2. The number of hydrogen-bond donors (Lipinski definition) is 2. The SMILES string of the molecule is CCc1c(C(=O)NN(C(N)=S)C(C)c2ccccc2)csc1C. The smallest absolute Gasteiger partial charge is 0.271 e. The lowest BCUT2D eigenvalue weighted by atomic mass is 10.1. The number of thiophene rings is 1. The van der Waals surface area contributed by atoms with E-state index in [1.54, 1.807) is 16.3 Å². The summed E-state index contributed by atoms with van der Waals surface area (Å²) in [4.78, 5) is 13.8. The van der Waals surface area contributed by atoms with Crippen molar-refractivity contribution < 1.29 is 4.79 Å². The van der Waals surface area contributed by atoms with Crippen molar-refractivity contribution in [3.8, 4) is 0 Å². The Balaban J connectivity index is 2.23. The Morgan fingerprint density at radius 1 is 1.39 bits per heavy atom. The number of nitrogens with zero attached hydrogens (tertiary/aromatic N) is 1. The number of nitrogens with one attached hydrogen (secondary N) is 1. The number of carbonyl (C=O) groups excluding carboxylic acids is 1. The molecule has 0 spiro atoms. The summed E-state index contributed by atoms with van der Waals surface area (Å²) in [6.07, 6.45) is 0.819. The van der Waals surface area contributed by atoms with Crippen LogP contribution in [0.2, 0.25) is 0 Å². The van der Waals surface area contributed by atoms with Crippen molar-refractivity contribution in [3.05, 3.63) is 57.3 Å². The van der Waals surface area contributed by atoms with Gasteiger partial charge in [-0.15, -0.1) is 11.3 Å². The average molecular weight is 348 g/mol. The first-order valence-corrected chi connectivity index (χ1v) is 8.76. The van der Waals surface area contributed by atoms with Crippen LogP contribution in [0.5, 0.6) is 0 Å². The average Bonchev–Trinajstić information content (AvgIpc) is 2.93. The summed E-state index contributed by atoms with van der Waals surface area (Å²) < 4.78 is 0. The molecule has 0 aliphatic rings. The van der Waals surface area contributed by atoms with E-state index in [2.05, 4.69) is 5.43 Å². The fraction of sp³-hybridized carbons (Fsp3) is 0.294. The van der Waals surface area contributed by atoms with Crippen LogP contribution in [-0.2, 0) is 6.42 Å². The van der Waals surface area contributed by atoms with Gasteiger partial charge in [0.2, 0.25) is 0 Å². The number of aryl methyl sites for hydroxylation is 1. The molecule has 0 fully saturated rings. The minimum Gasteiger partial charge on any atom is -0.375 e. The van der Waals surface area contributed by atoms with Crippen LogP contribution >= 0.6 is 23.6 Å². The van der Waals surface area contributed by atoms with E-state index < -0.39 is 0 Å². The Bertz CT molecular complexity index is 697. The third-order valence-corrected chi connectivity index (χ3v) is 4.98. The second-order valence-corrected chi connectivity index (χ2v) is 6.78. The Morgan fingerprint density at radius 2 is 2.04 bits per heavy atom. The number of rotatable bonds is 4. The molecule has 2 aromatic rings. The zero-order valence-electron chi connectivity index (χ0n) is 13.5. The lowest BCUT2D eigenvalue weighted by Gasteiger charge is -2.30. The zero-order valence-corrected chi connectivity index (χ0v) is 15.1. The Hall–Kier alpha value is -1.92. The molecule has 0 saturated carbocycles. The minimum absolute atomic E-state index is 0.139. The molecular weight excluding hydrogens is 326 g/mol. The fourth-order valence-corrected chi connectivity index (χ4v) is 3.65. The van der Waals surface area contributed by atoms with Gasteiger partial charge in [-0.2, -0.15) is 0 Å². The number of nitrogens with two attached hydrogens (primary N) is 1. The molecule has 0 bridgehead atoms. The van der Waals surface area contributed by atoms with E-state index >= 15 is 0 Å². The molecule has 1 heterocycles. The third-order valence-electron chi connectivity index (χ3n) is 3.83. The number of hydrogen-bond acceptors (Lipinski definition) is 3. The van der Waals surface area contributed by atoms with Crippen LogP contribution in [0.25, 0.3) is 0 Å². The van der Waals surface area contributed by atoms with Gasteiger partial charge in [0.1, 0.15) is 0 Å². The Kier molecular flexibility index (Phi) is 5.74. The fourth-order valence-electron chi connectivity index (χ4n) is 2.50.